The quantitative estimate of drug-likeness (QED) is 0.779. The Morgan fingerprint density at radius 3 is 2.57 bits per heavy atom. The first-order valence-electron chi connectivity index (χ1n) is 7.25. The Morgan fingerprint density at radius 2 is 2.00 bits per heavy atom. The molecule has 21 heavy (non-hydrogen) atoms. The lowest BCUT2D eigenvalue weighted by atomic mass is 10.1. The molecule has 0 aliphatic rings. The van der Waals surface area contributed by atoms with E-state index in [-0.39, 0.29) is 0 Å². The monoisotopic (exact) mass is 303 g/mol. The highest BCUT2D eigenvalue weighted by Gasteiger charge is 2.10. The number of carboxylic acid groups (broad SMARTS) is 1. The number of unbranched alkanes of at least 4 members (excludes halogenated alkanes) is 1. The maximum Gasteiger partial charge on any atom is 0.345 e. The summed E-state index contributed by atoms with van der Waals surface area (Å²) >= 11 is 1.33. The number of carbonyl (C=O) groups is 1. The van der Waals surface area contributed by atoms with E-state index in [1.54, 1.807) is 6.07 Å². The molecule has 0 aliphatic heterocycles. The van der Waals surface area contributed by atoms with Crippen LogP contribution in [0.1, 0.15) is 45.4 Å². The van der Waals surface area contributed by atoms with Crippen LogP contribution in [-0.2, 0) is 13.0 Å². The Morgan fingerprint density at radius 1 is 1.29 bits per heavy atom. The molecule has 0 fully saturated rings. The second-order valence-electron chi connectivity index (χ2n) is 5.15. The van der Waals surface area contributed by atoms with Gasteiger partial charge in [0, 0.05) is 17.1 Å². The summed E-state index contributed by atoms with van der Waals surface area (Å²) in [7, 11) is 0. The van der Waals surface area contributed by atoms with Crippen LogP contribution in [0, 0.1) is 6.92 Å². The molecule has 0 spiro atoms. The summed E-state index contributed by atoms with van der Waals surface area (Å²) < 4.78 is 0. The lowest BCUT2D eigenvalue weighted by Gasteiger charge is -2.07. The van der Waals surface area contributed by atoms with Crippen molar-refractivity contribution in [3.05, 3.63) is 51.2 Å². The van der Waals surface area contributed by atoms with E-state index in [0.29, 0.717) is 11.4 Å². The Kier molecular flexibility index (Phi) is 5.39. The molecule has 112 valence electrons. The van der Waals surface area contributed by atoms with Crippen molar-refractivity contribution in [2.24, 2.45) is 0 Å². The summed E-state index contributed by atoms with van der Waals surface area (Å²) in [4.78, 5) is 12.4. The van der Waals surface area contributed by atoms with Gasteiger partial charge in [0.2, 0.25) is 0 Å². The van der Waals surface area contributed by atoms with Gasteiger partial charge in [-0.05, 0) is 49.1 Å². The molecule has 2 rings (SSSR count). The van der Waals surface area contributed by atoms with E-state index in [9.17, 15) is 4.79 Å². The van der Waals surface area contributed by atoms with Crippen molar-refractivity contribution in [1.29, 1.82) is 0 Å². The van der Waals surface area contributed by atoms with E-state index in [1.165, 1.54) is 29.7 Å². The van der Waals surface area contributed by atoms with Crippen molar-refractivity contribution < 1.29 is 9.90 Å². The maximum atomic E-state index is 11.0. The molecule has 0 saturated carbocycles. The number of benzene rings is 1. The van der Waals surface area contributed by atoms with Crippen LogP contribution in [-0.4, -0.2) is 11.1 Å². The van der Waals surface area contributed by atoms with Crippen LogP contribution in [0.25, 0.3) is 0 Å². The summed E-state index contributed by atoms with van der Waals surface area (Å²) in [5, 5.41) is 12.4. The molecule has 1 aromatic heterocycles. The third kappa shape index (κ3) is 4.33. The van der Waals surface area contributed by atoms with Gasteiger partial charge < -0.3 is 10.4 Å². The summed E-state index contributed by atoms with van der Waals surface area (Å²) in [6, 6.07) is 10.2. The zero-order valence-electron chi connectivity index (χ0n) is 12.5. The zero-order valence-corrected chi connectivity index (χ0v) is 13.3. The average Bonchev–Trinajstić information content (AvgIpc) is 2.85. The normalized spacial score (nSPS) is 10.6. The summed E-state index contributed by atoms with van der Waals surface area (Å²) in [6.07, 6.45) is 3.56. The van der Waals surface area contributed by atoms with Crippen molar-refractivity contribution in [3.63, 3.8) is 0 Å². The number of aryl methyl sites for hydroxylation is 2. The van der Waals surface area contributed by atoms with Crippen molar-refractivity contribution in [2.45, 2.75) is 39.7 Å². The van der Waals surface area contributed by atoms with Crippen LogP contribution in [0.2, 0.25) is 0 Å². The van der Waals surface area contributed by atoms with Gasteiger partial charge in [-0.2, -0.15) is 0 Å². The van der Waals surface area contributed by atoms with E-state index in [0.717, 1.165) is 22.5 Å². The molecule has 4 heteroatoms. The van der Waals surface area contributed by atoms with Gasteiger partial charge >= 0.3 is 5.97 Å². The second kappa shape index (κ2) is 7.27. The molecule has 0 aliphatic carbocycles. The van der Waals surface area contributed by atoms with Crippen molar-refractivity contribution in [3.8, 4) is 0 Å². The van der Waals surface area contributed by atoms with Gasteiger partial charge in [-0.3, -0.25) is 0 Å². The Hall–Kier alpha value is -1.81. The molecule has 0 unspecified atom stereocenters. The molecular weight excluding hydrogens is 282 g/mol. The highest BCUT2D eigenvalue weighted by molar-refractivity contribution is 7.14. The number of rotatable bonds is 7. The third-order valence-corrected chi connectivity index (χ3v) is 4.57. The van der Waals surface area contributed by atoms with Gasteiger partial charge in [-0.1, -0.05) is 25.5 Å². The number of aromatic carboxylic acids is 1. The van der Waals surface area contributed by atoms with Gasteiger partial charge in [0.15, 0.2) is 0 Å². The molecule has 3 nitrogen and oxygen atoms in total. The largest absolute Gasteiger partial charge is 0.477 e. The molecular formula is C17H21NO2S. The van der Waals surface area contributed by atoms with Gasteiger partial charge in [0.25, 0.3) is 0 Å². The number of anilines is 1. The van der Waals surface area contributed by atoms with Crippen LogP contribution in [0.4, 0.5) is 5.69 Å². The fourth-order valence-corrected chi connectivity index (χ4v) is 3.05. The minimum Gasteiger partial charge on any atom is -0.477 e. The number of hydrogen-bond donors (Lipinski definition) is 2. The fourth-order valence-electron chi connectivity index (χ4n) is 2.17. The number of thiophene rings is 1. The van der Waals surface area contributed by atoms with E-state index in [1.807, 2.05) is 6.92 Å². The Balaban J connectivity index is 1.95. The first-order valence-corrected chi connectivity index (χ1v) is 8.07. The van der Waals surface area contributed by atoms with Crippen molar-refractivity contribution in [2.75, 3.05) is 5.32 Å². The predicted molar refractivity (Wildman–Crippen MR) is 88.4 cm³/mol. The predicted octanol–water partition coefficient (Wildman–Crippen LogP) is 4.71. The van der Waals surface area contributed by atoms with E-state index < -0.39 is 5.97 Å². The van der Waals surface area contributed by atoms with Crippen LogP contribution in [0.3, 0.4) is 0 Å². The van der Waals surface area contributed by atoms with E-state index >= 15 is 0 Å². The average molecular weight is 303 g/mol. The van der Waals surface area contributed by atoms with Gasteiger partial charge in [-0.25, -0.2) is 4.79 Å². The minimum absolute atomic E-state index is 0.402. The van der Waals surface area contributed by atoms with Crippen LogP contribution in [0.5, 0.6) is 0 Å². The van der Waals surface area contributed by atoms with Gasteiger partial charge in [0.05, 0.1) is 0 Å². The van der Waals surface area contributed by atoms with Crippen LogP contribution < -0.4 is 5.32 Å². The maximum absolute atomic E-state index is 11.0. The van der Waals surface area contributed by atoms with Gasteiger partial charge in [0.1, 0.15) is 4.88 Å². The number of hydrogen-bond acceptors (Lipinski definition) is 3. The molecule has 0 bridgehead atoms. The minimum atomic E-state index is -0.852. The first kappa shape index (κ1) is 15.6. The fraction of sp³-hybridized carbons (Fsp3) is 0.353. The third-order valence-electron chi connectivity index (χ3n) is 3.49. The molecule has 0 amide bonds. The molecule has 0 atom stereocenters. The highest BCUT2D eigenvalue weighted by atomic mass is 32.1. The molecule has 0 radical (unpaired) electrons. The van der Waals surface area contributed by atoms with Gasteiger partial charge in [-0.15, -0.1) is 11.3 Å². The standard InChI is InChI=1S/C17H21NO2S/c1-3-4-5-13-6-8-15(9-7-13)18-11-14-10-16(17(19)20)21-12(14)2/h6-10,18H,3-5,11H2,1-2H3,(H,19,20). The molecule has 1 heterocycles. The zero-order chi connectivity index (χ0) is 15.2. The molecule has 2 aromatic rings. The lowest BCUT2D eigenvalue weighted by molar-refractivity contribution is 0.0702. The number of carboxylic acids is 1. The lowest BCUT2D eigenvalue weighted by Crippen LogP contribution is -1.99. The van der Waals surface area contributed by atoms with Crippen molar-refractivity contribution >= 4 is 23.0 Å². The van der Waals surface area contributed by atoms with Crippen molar-refractivity contribution in [1.82, 2.24) is 0 Å². The highest BCUT2D eigenvalue weighted by Crippen LogP contribution is 2.22. The molecule has 2 N–H and O–H groups in total. The number of nitrogens with one attached hydrogen (secondary N) is 1. The SMILES string of the molecule is CCCCc1ccc(NCc2cc(C(=O)O)sc2C)cc1. The second-order valence-corrected chi connectivity index (χ2v) is 6.41. The molecule has 1 aromatic carbocycles. The smallest absolute Gasteiger partial charge is 0.345 e. The van der Waals surface area contributed by atoms with Crippen LogP contribution in [0.15, 0.2) is 30.3 Å². The molecule has 0 saturated heterocycles. The Bertz CT molecular complexity index is 602. The summed E-state index contributed by atoms with van der Waals surface area (Å²) in [5.74, 6) is -0.852. The first-order chi connectivity index (χ1) is 10.1. The van der Waals surface area contributed by atoms with E-state index in [2.05, 4.69) is 36.5 Å². The summed E-state index contributed by atoms with van der Waals surface area (Å²) in [5.41, 5.74) is 3.48. The Labute approximate surface area is 129 Å². The van der Waals surface area contributed by atoms with Crippen LogP contribution >= 0.6 is 11.3 Å². The van der Waals surface area contributed by atoms with E-state index in [4.69, 9.17) is 5.11 Å². The topological polar surface area (TPSA) is 49.3 Å². The summed E-state index contributed by atoms with van der Waals surface area (Å²) in [6.45, 7) is 4.82.